The molecule has 0 saturated carbocycles. The zero-order valence-corrected chi connectivity index (χ0v) is 15.4. The van der Waals surface area contributed by atoms with Crippen molar-refractivity contribution < 1.29 is 9.18 Å². The van der Waals surface area contributed by atoms with Crippen molar-refractivity contribution in [3.8, 4) is 0 Å². The number of carbonyl (C=O) groups excluding carboxylic acids is 1. The molecule has 1 unspecified atom stereocenters. The first-order chi connectivity index (χ1) is 11.7. The monoisotopic (exact) mass is 380 g/mol. The maximum atomic E-state index is 14.0. The average Bonchev–Trinajstić information content (AvgIpc) is 2.62. The Bertz CT molecular complexity index is 680. The van der Waals surface area contributed by atoms with Gasteiger partial charge in [0.05, 0.1) is 0 Å². The molecule has 0 bridgehead atoms. The van der Waals surface area contributed by atoms with Gasteiger partial charge in [-0.2, -0.15) is 0 Å². The Morgan fingerprint density at radius 1 is 1.16 bits per heavy atom. The molecule has 1 aliphatic rings. The van der Waals surface area contributed by atoms with Crippen LogP contribution in [0.25, 0.3) is 0 Å². The average molecular weight is 381 g/mol. The maximum Gasteiger partial charge on any atom is 0.238 e. The van der Waals surface area contributed by atoms with E-state index >= 15 is 0 Å². The van der Waals surface area contributed by atoms with Crippen LogP contribution in [-0.4, -0.2) is 25.0 Å². The van der Waals surface area contributed by atoms with E-state index < -0.39 is 5.25 Å². The maximum absolute atomic E-state index is 14.0. The molecule has 6 heteroatoms. The highest BCUT2D eigenvalue weighted by molar-refractivity contribution is 8.00. The molecule has 2 atom stereocenters. The minimum Gasteiger partial charge on any atom is -0.351 e. The van der Waals surface area contributed by atoms with Gasteiger partial charge >= 0.3 is 0 Å². The number of benzene rings is 2. The Labute approximate surface area is 158 Å². The van der Waals surface area contributed by atoms with E-state index in [1.165, 1.54) is 17.8 Å². The van der Waals surface area contributed by atoms with Gasteiger partial charge in [-0.15, -0.1) is 24.2 Å². The third-order valence-corrected chi connectivity index (χ3v) is 5.37. The second-order valence-electron chi connectivity index (χ2n) is 5.89. The van der Waals surface area contributed by atoms with Gasteiger partial charge in [-0.1, -0.05) is 42.5 Å². The number of hydrogen-bond donors (Lipinski definition) is 2. The Kier molecular flexibility index (Phi) is 7.75. The summed E-state index contributed by atoms with van der Waals surface area (Å²) in [6.07, 6.45) is 2.03. The molecular weight excluding hydrogens is 359 g/mol. The number of piperidine rings is 1. The van der Waals surface area contributed by atoms with Crippen LogP contribution in [-0.2, 0) is 4.79 Å². The summed E-state index contributed by atoms with van der Waals surface area (Å²) in [7, 11) is 0. The van der Waals surface area contributed by atoms with Crippen LogP contribution in [0.1, 0.15) is 23.7 Å². The third-order valence-electron chi connectivity index (χ3n) is 4.07. The van der Waals surface area contributed by atoms with E-state index in [2.05, 4.69) is 10.6 Å². The highest BCUT2D eigenvalue weighted by atomic mass is 35.5. The third kappa shape index (κ3) is 5.46. The molecular formula is C19H22ClFN2OS. The second-order valence-corrected chi connectivity index (χ2v) is 7.04. The van der Waals surface area contributed by atoms with Crippen LogP contribution in [0.5, 0.6) is 0 Å². The lowest BCUT2D eigenvalue weighted by atomic mass is 10.1. The fourth-order valence-corrected chi connectivity index (χ4v) is 3.88. The zero-order valence-electron chi connectivity index (χ0n) is 13.8. The van der Waals surface area contributed by atoms with Gasteiger partial charge in [0.2, 0.25) is 5.91 Å². The molecule has 1 aliphatic heterocycles. The number of halogens is 2. The number of amides is 1. The van der Waals surface area contributed by atoms with Gasteiger partial charge < -0.3 is 10.6 Å². The van der Waals surface area contributed by atoms with Gasteiger partial charge in [0.1, 0.15) is 11.1 Å². The first kappa shape index (κ1) is 19.8. The number of thioether (sulfide) groups is 1. The molecule has 134 valence electrons. The van der Waals surface area contributed by atoms with Crippen molar-refractivity contribution in [3.05, 3.63) is 66.0 Å². The van der Waals surface area contributed by atoms with Crippen LogP contribution >= 0.6 is 24.2 Å². The molecule has 0 radical (unpaired) electrons. The topological polar surface area (TPSA) is 41.1 Å². The van der Waals surface area contributed by atoms with Gasteiger partial charge in [0.15, 0.2) is 0 Å². The van der Waals surface area contributed by atoms with E-state index in [-0.39, 0.29) is 30.2 Å². The summed E-state index contributed by atoms with van der Waals surface area (Å²) in [6.45, 7) is 1.79. The normalized spacial score (nSPS) is 18.0. The molecule has 1 fully saturated rings. The van der Waals surface area contributed by atoms with Crippen molar-refractivity contribution in [2.24, 2.45) is 0 Å². The van der Waals surface area contributed by atoms with E-state index in [1.807, 2.05) is 30.3 Å². The number of nitrogens with one attached hydrogen (secondary N) is 2. The highest BCUT2D eigenvalue weighted by Crippen LogP contribution is 2.36. The molecule has 2 N–H and O–H groups in total. The minimum atomic E-state index is -0.468. The summed E-state index contributed by atoms with van der Waals surface area (Å²) in [6, 6.07) is 16.3. The number of rotatable bonds is 5. The molecule has 0 spiro atoms. The van der Waals surface area contributed by atoms with E-state index in [1.54, 1.807) is 18.2 Å². The Morgan fingerprint density at radius 2 is 1.88 bits per heavy atom. The van der Waals surface area contributed by atoms with Crippen molar-refractivity contribution >= 4 is 30.1 Å². The van der Waals surface area contributed by atoms with Gasteiger partial charge in [0.25, 0.3) is 0 Å². The highest BCUT2D eigenvalue weighted by Gasteiger charge is 2.25. The van der Waals surface area contributed by atoms with Gasteiger partial charge in [0, 0.05) is 17.5 Å². The largest absolute Gasteiger partial charge is 0.351 e. The van der Waals surface area contributed by atoms with Crippen molar-refractivity contribution in [1.82, 2.24) is 10.6 Å². The fourth-order valence-electron chi connectivity index (χ4n) is 2.82. The van der Waals surface area contributed by atoms with Gasteiger partial charge in [-0.3, -0.25) is 4.79 Å². The molecule has 0 aliphatic carbocycles. The smallest absolute Gasteiger partial charge is 0.238 e. The predicted molar refractivity (Wildman–Crippen MR) is 103 cm³/mol. The summed E-state index contributed by atoms with van der Waals surface area (Å²) in [4.78, 5) is 13.3. The first-order valence-electron chi connectivity index (χ1n) is 8.21. The number of hydrogen-bond acceptors (Lipinski definition) is 3. The molecule has 2 aromatic carbocycles. The first-order valence-corrected chi connectivity index (χ1v) is 9.09. The van der Waals surface area contributed by atoms with Crippen LogP contribution in [0.15, 0.2) is 59.5 Å². The van der Waals surface area contributed by atoms with Crippen LogP contribution in [0.4, 0.5) is 4.39 Å². The van der Waals surface area contributed by atoms with Gasteiger partial charge in [-0.05, 0) is 37.1 Å². The molecule has 25 heavy (non-hydrogen) atoms. The Morgan fingerprint density at radius 3 is 2.56 bits per heavy atom. The molecule has 1 heterocycles. The quantitative estimate of drug-likeness (QED) is 0.772. The zero-order chi connectivity index (χ0) is 16.8. The van der Waals surface area contributed by atoms with E-state index in [0.29, 0.717) is 4.90 Å². The van der Waals surface area contributed by atoms with E-state index in [4.69, 9.17) is 0 Å². The van der Waals surface area contributed by atoms with Crippen LogP contribution in [0.2, 0.25) is 0 Å². The van der Waals surface area contributed by atoms with Crippen LogP contribution in [0.3, 0.4) is 0 Å². The summed E-state index contributed by atoms with van der Waals surface area (Å²) >= 11 is 1.26. The van der Waals surface area contributed by atoms with E-state index in [0.717, 1.165) is 31.5 Å². The van der Waals surface area contributed by atoms with E-state index in [9.17, 15) is 9.18 Å². The lowest BCUT2D eigenvalue weighted by Crippen LogP contribution is -2.46. The van der Waals surface area contributed by atoms with Crippen LogP contribution < -0.4 is 10.6 Å². The lowest BCUT2D eigenvalue weighted by Gasteiger charge is -2.26. The molecule has 1 amide bonds. The minimum absolute atomic E-state index is 0. The predicted octanol–water partition coefficient (Wildman–Crippen LogP) is 3.95. The fraction of sp³-hybridized carbons (Fsp3) is 0.316. The molecule has 0 aromatic heterocycles. The van der Waals surface area contributed by atoms with Crippen molar-refractivity contribution in [2.75, 3.05) is 13.1 Å². The Balaban J connectivity index is 0.00000225. The SMILES string of the molecule is Cl.O=C(N[C@H]1CCCNC1)C(Sc1ccccc1F)c1ccccc1. The standard InChI is InChI=1S/C19H21FN2OS.ClH/c20-16-10-4-5-11-17(16)24-18(14-7-2-1-3-8-14)19(23)22-15-9-6-12-21-13-15;/h1-5,7-8,10-11,15,18,21H,6,9,12-13H2,(H,22,23);1H/t15-,18?;/m0./s1. The second kappa shape index (κ2) is 9.80. The van der Waals surface area contributed by atoms with Crippen molar-refractivity contribution in [2.45, 2.75) is 29.0 Å². The summed E-state index contributed by atoms with van der Waals surface area (Å²) in [5.41, 5.74) is 0.882. The van der Waals surface area contributed by atoms with Crippen LogP contribution in [0, 0.1) is 5.82 Å². The molecule has 1 saturated heterocycles. The number of carbonyl (C=O) groups is 1. The molecule has 3 nitrogen and oxygen atoms in total. The lowest BCUT2D eigenvalue weighted by molar-refractivity contribution is -0.121. The van der Waals surface area contributed by atoms with Gasteiger partial charge in [-0.25, -0.2) is 4.39 Å². The Hall–Kier alpha value is -1.56. The molecule has 3 rings (SSSR count). The van der Waals surface area contributed by atoms with Crippen molar-refractivity contribution in [1.29, 1.82) is 0 Å². The van der Waals surface area contributed by atoms with Crippen molar-refractivity contribution in [3.63, 3.8) is 0 Å². The molecule has 2 aromatic rings. The summed E-state index contributed by atoms with van der Waals surface area (Å²) in [5, 5.41) is 5.94. The summed E-state index contributed by atoms with van der Waals surface area (Å²) in [5.74, 6) is -0.362. The summed E-state index contributed by atoms with van der Waals surface area (Å²) < 4.78 is 14.0.